The van der Waals surface area contributed by atoms with Crippen molar-refractivity contribution in [2.24, 2.45) is 5.92 Å². The molecule has 0 saturated carbocycles. The molecule has 3 rings (SSSR count). The van der Waals surface area contributed by atoms with E-state index in [0.29, 0.717) is 25.4 Å². The number of para-hydroxylation sites is 1. The van der Waals surface area contributed by atoms with Gasteiger partial charge in [0, 0.05) is 37.0 Å². The second-order valence-electron chi connectivity index (χ2n) is 6.87. The smallest absolute Gasteiger partial charge is 0.418 e. The van der Waals surface area contributed by atoms with Crippen LogP contribution in [-0.4, -0.2) is 35.6 Å². The number of halogens is 3. The minimum atomic E-state index is -4.52. The molecule has 1 fully saturated rings. The Morgan fingerprint density at radius 3 is 2.86 bits per heavy atom. The zero-order valence-electron chi connectivity index (χ0n) is 15.5. The van der Waals surface area contributed by atoms with Gasteiger partial charge in [0.15, 0.2) is 0 Å². The Bertz CT molecular complexity index is 826. The van der Waals surface area contributed by atoms with Crippen LogP contribution in [0.5, 0.6) is 5.75 Å². The molecule has 1 N–H and O–H groups in total. The molecule has 1 aliphatic heterocycles. The summed E-state index contributed by atoms with van der Waals surface area (Å²) < 4.78 is 45.1. The summed E-state index contributed by atoms with van der Waals surface area (Å²) in [4.78, 5) is 18.2. The van der Waals surface area contributed by atoms with E-state index in [1.165, 1.54) is 18.2 Å². The number of carbonyl (C=O) groups is 1. The first-order valence-electron chi connectivity index (χ1n) is 9.10. The van der Waals surface area contributed by atoms with Crippen molar-refractivity contribution in [3.8, 4) is 5.75 Å². The number of alkyl halides is 3. The average molecular weight is 393 g/mol. The van der Waals surface area contributed by atoms with E-state index in [2.05, 4.69) is 10.3 Å². The zero-order chi connectivity index (χ0) is 20.1. The van der Waals surface area contributed by atoms with Gasteiger partial charge in [-0.15, -0.1) is 0 Å². The third-order valence-corrected chi connectivity index (χ3v) is 4.63. The highest BCUT2D eigenvalue weighted by Gasteiger charge is 2.34. The van der Waals surface area contributed by atoms with Gasteiger partial charge in [-0.05, 0) is 38.0 Å². The number of hydrogen-bond acceptors (Lipinski definition) is 3. The van der Waals surface area contributed by atoms with E-state index in [4.69, 9.17) is 4.74 Å². The molecule has 150 valence electrons. The Morgan fingerprint density at radius 2 is 2.11 bits per heavy atom. The summed E-state index contributed by atoms with van der Waals surface area (Å²) in [6, 6.07) is 8.06. The number of ether oxygens (including phenoxy) is 1. The SMILES string of the molecule is Cc1cc(OCC2CCCN(C(=O)Nc3ccccc3C(F)(F)F)C2)ccn1. The second kappa shape index (κ2) is 8.50. The third-order valence-electron chi connectivity index (χ3n) is 4.63. The van der Waals surface area contributed by atoms with Crippen LogP contribution in [0.25, 0.3) is 0 Å². The van der Waals surface area contributed by atoms with Crippen LogP contribution in [0.4, 0.5) is 23.7 Å². The van der Waals surface area contributed by atoms with Crippen molar-refractivity contribution < 1.29 is 22.7 Å². The van der Waals surface area contributed by atoms with Crippen molar-refractivity contribution in [2.75, 3.05) is 25.0 Å². The Hall–Kier alpha value is -2.77. The summed E-state index contributed by atoms with van der Waals surface area (Å²) >= 11 is 0. The first-order valence-corrected chi connectivity index (χ1v) is 9.10. The van der Waals surface area contributed by atoms with Crippen LogP contribution in [-0.2, 0) is 6.18 Å². The van der Waals surface area contributed by atoms with Gasteiger partial charge in [0.1, 0.15) is 5.75 Å². The molecule has 0 aliphatic carbocycles. The fourth-order valence-corrected chi connectivity index (χ4v) is 3.24. The number of carbonyl (C=O) groups excluding carboxylic acids is 1. The van der Waals surface area contributed by atoms with Gasteiger partial charge in [-0.1, -0.05) is 12.1 Å². The van der Waals surface area contributed by atoms with Crippen LogP contribution >= 0.6 is 0 Å². The van der Waals surface area contributed by atoms with Gasteiger partial charge in [-0.25, -0.2) is 4.79 Å². The molecule has 1 unspecified atom stereocenters. The predicted molar refractivity (Wildman–Crippen MR) is 99.2 cm³/mol. The number of aromatic nitrogens is 1. The highest BCUT2D eigenvalue weighted by molar-refractivity contribution is 5.90. The number of nitrogens with one attached hydrogen (secondary N) is 1. The summed E-state index contributed by atoms with van der Waals surface area (Å²) in [5, 5.41) is 2.41. The zero-order valence-corrected chi connectivity index (χ0v) is 15.5. The van der Waals surface area contributed by atoms with Gasteiger partial charge in [0.05, 0.1) is 17.9 Å². The van der Waals surface area contributed by atoms with E-state index in [-0.39, 0.29) is 11.6 Å². The minimum absolute atomic E-state index is 0.117. The number of pyridine rings is 1. The maximum atomic E-state index is 13.1. The highest BCUT2D eigenvalue weighted by Crippen LogP contribution is 2.34. The predicted octanol–water partition coefficient (Wildman–Crippen LogP) is 4.73. The van der Waals surface area contributed by atoms with Crippen LogP contribution in [0.2, 0.25) is 0 Å². The van der Waals surface area contributed by atoms with E-state index in [1.54, 1.807) is 17.2 Å². The number of aryl methyl sites for hydroxylation is 1. The van der Waals surface area contributed by atoms with Gasteiger partial charge >= 0.3 is 12.2 Å². The molecule has 1 atom stereocenters. The van der Waals surface area contributed by atoms with Crippen LogP contribution in [0, 0.1) is 12.8 Å². The number of hydrogen-bond donors (Lipinski definition) is 1. The quantitative estimate of drug-likeness (QED) is 0.817. The van der Waals surface area contributed by atoms with Crippen molar-refractivity contribution >= 4 is 11.7 Å². The number of anilines is 1. The monoisotopic (exact) mass is 393 g/mol. The number of likely N-dealkylation sites (tertiary alicyclic amines) is 1. The fourth-order valence-electron chi connectivity index (χ4n) is 3.24. The standard InChI is InChI=1S/C20H22F3N3O2/c1-14-11-16(8-9-24-14)28-13-15-5-4-10-26(12-15)19(27)25-18-7-3-2-6-17(18)20(21,22)23/h2-3,6-9,11,15H,4-5,10,12-13H2,1H3,(H,25,27). The topological polar surface area (TPSA) is 54.5 Å². The van der Waals surface area contributed by atoms with E-state index in [9.17, 15) is 18.0 Å². The first-order chi connectivity index (χ1) is 13.3. The summed E-state index contributed by atoms with van der Waals surface area (Å²) in [6.45, 7) is 3.25. The van der Waals surface area contributed by atoms with Gasteiger partial charge in [0.2, 0.25) is 0 Å². The Kier molecular flexibility index (Phi) is 6.06. The normalized spacial score (nSPS) is 17.3. The van der Waals surface area contributed by atoms with E-state index >= 15 is 0 Å². The van der Waals surface area contributed by atoms with Crippen molar-refractivity contribution in [1.29, 1.82) is 0 Å². The second-order valence-corrected chi connectivity index (χ2v) is 6.87. The lowest BCUT2D eigenvalue weighted by molar-refractivity contribution is -0.136. The molecule has 1 saturated heterocycles. The number of amides is 2. The largest absolute Gasteiger partial charge is 0.493 e. The molecule has 1 aliphatic rings. The van der Waals surface area contributed by atoms with E-state index < -0.39 is 17.8 Å². The lowest BCUT2D eigenvalue weighted by Gasteiger charge is -2.33. The fraction of sp³-hybridized carbons (Fsp3) is 0.400. The number of piperidine rings is 1. The first kappa shape index (κ1) is 20.0. The van der Waals surface area contributed by atoms with E-state index in [1.807, 2.05) is 13.0 Å². The molecular weight excluding hydrogens is 371 g/mol. The maximum absolute atomic E-state index is 13.1. The molecule has 1 aromatic heterocycles. The summed E-state index contributed by atoms with van der Waals surface area (Å²) in [5.74, 6) is 0.832. The number of nitrogens with zero attached hydrogens (tertiary/aromatic N) is 2. The molecule has 2 heterocycles. The van der Waals surface area contributed by atoms with Crippen LogP contribution in [0.15, 0.2) is 42.6 Å². The summed E-state index contributed by atoms with van der Waals surface area (Å²) in [6.07, 6.45) is -1.18. The molecule has 0 bridgehead atoms. The van der Waals surface area contributed by atoms with Crippen LogP contribution in [0.1, 0.15) is 24.1 Å². The molecule has 2 amide bonds. The van der Waals surface area contributed by atoms with Gasteiger partial charge < -0.3 is 15.0 Å². The minimum Gasteiger partial charge on any atom is -0.493 e. The molecule has 0 radical (unpaired) electrons. The van der Waals surface area contributed by atoms with E-state index in [0.717, 1.165) is 24.6 Å². The Morgan fingerprint density at radius 1 is 1.32 bits per heavy atom. The molecular formula is C20H22F3N3O2. The van der Waals surface area contributed by atoms with Crippen molar-refractivity contribution in [1.82, 2.24) is 9.88 Å². The van der Waals surface area contributed by atoms with Crippen molar-refractivity contribution in [2.45, 2.75) is 25.9 Å². The Balaban J connectivity index is 1.59. The van der Waals surface area contributed by atoms with Gasteiger partial charge in [-0.3, -0.25) is 4.98 Å². The van der Waals surface area contributed by atoms with Crippen LogP contribution < -0.4 is 10.1 Å². The van der Waals surface area contributed by atoms with Gasteiger partial charge in [0.25, 0.3) is 0 Å². The summed E-state index contributed by atoms with van der Waals surface area (Å²) in [5.41, 5.74) is -0.232. The van der Waals surface area contributed by atoms with Crippen LogP contribution in [0.3, 0.4) is 0 Å². The van der Waals surface area contributed by atoms with Crippen molar-refractivity contribution in [3.05, 3.63) is 53.9 Å². The molecule has 1 aromatic carbocycles. The number of benzene rings is 1. The average Bonchev–Trinajstić information content (AvgIpc) is 2.66. The molecule has 8 heteroatoms. The summed E-state index contributed by atoms with van der Waals surface area (Å²) in [7, 11) is 0. The lowest BCUT2D eigenvalue weighted by atomic mass is 9.99. The number of urea groups is 1. The lowest BCUT2D eigenvalue weighted by Crippen LogP contribution is -2.43. The van der Waals surface area contributed by atoms with Crippen molar-refractivity contribution in [3.63, 3.8) is 0 Å². The van der Waals surface area contributed by atoms with Gasteiger partial charge in [-0.2, -0.15) is 13.2 Å². The number of rotatable bonds is 4. The molecule has 0 spiro atoms. The Labute approximate surface area is 161 Å². The third kappa shape index (κ3) is 5.15. The maximum Gasteiger partial charge on any atom is 0.418 e. The molecule has 5 nitrogen and oxygen atoms in total. The highest BCUT2D eigenvalue weighted by atomic mass is 19.4. The molecule has 28 heavy (non-hydrogen) atoms. The molecule has 2 aromatic rings.